The van der Waals surface area contributed by atoms with Crippen LogP contribution in [0.1, 0.15) is 25.7 Å². The highest BCUT2D eigenvalue weighted by molar-refractivity contribution is 6.12. The fraction of sp³-hybridized carbons (Fsp3) is 0.417. The minimum atomic E-state index is 0.432. The first kappa shape index (κ1) is 19.6. The predicted molar refractivity (Wildman–Crippen MR) is 124 cm³/mol. The van der Waals surface area contributed by atoms with Gasteiger partial charge in [0.15, 0.2) is 0 Å². The summed E-state index contributed by atoms with van der Waals surface area (Å²) in [6.45, 7) is 3.88. The van der Waals surface area contributed by atoms with E-state index in [1.807, 2.05) is 12.4 Å². The molecule has 3 aromatic heterocycles. The zero-order chi connectivity index (χ0) is 21.3. The van der Waals surface area contributed by atoms with Crippen LogP contribution < -0.4 is 5.32 Å². The SMILES string of the molecule is c1ncc(-c2ccc3[nH]c4ncnc(NC5CCC(N6CCOCC6)CC5)c4c3c2)cn1. The molecule has 8 nitrogen and oxygen atoms in total. The van der Waals surface area contributed by atoms with Gasteiger partial charge in [-0.3, -0.25) is 4.90 Å². The van der Waals surface area contributed by atoms with Gasteiger partial charge in [0, 0.05) is 54.0 Å². The minimum Gasteiger partial charge on any atom is -0.379 e. The molecule has 0 amide bonds. The van der Waals surface area contributed by atoms with Crippen LogP contribution in [0, 0.1) is 0 Å². The molecule has 0 spiro atoms. The highest BCUT2D eigenvalue weighted by Gasteiger charge is 2.27. The lowest BCUT2D eigenvalue weighted by Crippen LogP contribution is -2.46. The van der Waals surface area contributed by atoms with Crippen LogP contribution in [0.3, 0.4) is 0 Å². The minimum absolute atomic E-state index is 0.432. The number of hydrogen-bond acceptors (Lipinski definition) is 7. The molecule has 8 heteroatoms. The summed E-state index contributed by atoms with van der Waals surface area (Å²) in [5, 5.41) is 5.92. The molecule has 0 atom stereocenters. The molecule has 1 saturated heterocycles. The van der Waals surface area contributed by atoms with Gasteiger partial charge in [-0.2, -0.15) is 0 Å². The van der Waals surface area contributed by atoms with E-state index in [1.165, 1.54) is 12.8 Å². The van der Waals surface area contributed by atoms with Gasteiger partial charge in [-0.25, -0.2) is 19.9 Å². The standard InChI is InChI=1S/C24H27N7O/c1-6-21-20(11-16(1)17-12-25-14-26-13-17)22-23(27-15-28-24(22)30-21)29-18-2-4-19(5-3-18)31-7-9-32-10-8-31/h1,6,11-15,18-19H,2-5,7-10H2,(H2,27,28,29,30). The maximum atomic E-state index is 5.52. The summed E-state index contributed by atoms with van der Waals surface area (Å²) >= 11 is 0. The third kappa shape index (κ3) is 3.69. The van der Waals surface area contributed by atoms with Crippen LogP contribution in [0.4, 0.5) is 5.82 Å². The molecule has 1 saturated carbocycles. The molecule has 0 radical (unpaired) electrons. The average molecular weight is 430 g/mol. The predicted octanol–water partition coefficient (Wildman–Crippen LogP) is 3.62. The monoisotopic (exact) mass is 429 g/mol. The van der Waals surface area contributed by atoms with E-state index in [4.69, 9.17) is 4.74 Å². The van der Waals surface area contributed by atoms with Gasteiger partial charge in [0.05, 0.1) is 18.6 Å². The quantitative estimate of drug-likeness (QED) is 0.512. The van der Waals surface area contributed by atoms with E-state index in [2.05, 4.69) is 53.3 Å². The number of morpholine rings is 1. The van der Waals surface area contributed by atoms with E-state index in [-0.39, 0.29) is 0 Å². The number of anilines is 1. The third-order valence-electron chi connectivity index (χ3n) is 6.88. The molecule has 1 aliphatic heterocycles. The molecule has 32 heavy (non-hydrogen) atoms. The van der Waals surface area contributed by atoms with Crippen molar-refractivity contribution in [3.8, 4) is 11.1 Å². The van der Waals surface area contributed by atoms with Gasteiger partial charge in [0.2, 0.25) is 0 Å². The number of aromatic amines is 1. The second kappa shape index (κ2) is 8.44. The molecule has 1 aromatic carbocycles. The maximum absolute atomic E-state index is 5.52. The first-order valence-electron chi connectivity index (χ1n) is 11.5. The van der Waals surface area contributed by atoms with E-state index in [9.17, 15) is 0 Å². The van der Waals surface area contributed by atoms with Crippen LogP contribution in [0.5, 0.6) is 0 Å². The Morgan fingerprint density at radius 2 is 1.75 bits per heavy atom. The summed E-state index contributed by atoms with van der Waals surface area (Å²) < 4.78 is 5.52. The van der Waals surface area contributed by atoms with E-state index >= 15 is 0 Å². The summed E-state index contributed by atoms with van der Waals surface area (Å²) in [4.78, 5) is 23.5. The lowest BCUT2D eigenvalue weighted by Gasteiger charge is -2.39. The van der Waals surface area contributed by atoms with Gasteiger partial charge in [-0.1, -0.05) is 6.07 Å². The summed E-state index contributed by atoms with van der Waals surface area (Å²) in [5.41, 5.74) is 4.00. The Kier molecular flexibility index (Phi) is 5.16. The Morgan fingerprint density at radius 1 is 0.938 bits per heavy atom. The van der Waals surface area contributed by atoms with Crippen LogP contribution in [-0.4, -0.2) is 68.2 Å². The molecular weight excluding hydrogens is 402 g/mol. The number of nitrogens with one attached hydrogen (secondary N) is 2. The van der Waals surface area contributed by atoms with Gasteiger partial charge in [-0.15, -0.1) is 0 Å². The molecule has 0 unspecified atom stereocenters. The Hall–Kier alpha value is -3.10. The van der Waals surface area contributed by atoms with Gasteiger partial charge >= 0.3 is 0 Å². The van der Waals surface area contributed by atoms with E-state index < -0.39 is 0 Å². The van der Waals surface area contributed by atoms with Crippen molar-refractivity contribution in [2.24, 2.45) is 0 Å². The van der Waals surface area contributed by atoms with E-state index in [0.717, 1.165) is 78.0 Å². The molecule has 164 valence electrons. The van der Waals surface area contributed by atoms with Crippen molar-refractivity contribution in [2.45, 2.75) is 37.8 Å². The Bertz CT molecular complexity index is 1210. The summed E-state index contributed by atoms with van der Waals surface area (Å²) in [6.07, 6.45) is 11.6. The number of benzene rings is 1. The van der Waals surface area contributed by atoms with Crippen molar-refractivity contribution in [1.82, 2.24) is 29.8 Å². The number of hydrogen-bond donors (Lipinski definition) is 2. The second-order valence-corrected chi connectivity index (χ2v) is 8.76. The van der Waals surface area contributed by atoms with Crippen molar-refractivity contribution >= 4 is 27.8 Å². The Morgan fingerprint density at radius 3 is 2.56 bits per heavy atom. The fourth-order valence-corrected chi connectivity index (χ4v) is 5.18. The lowest BCUT2D eigenvalue weighted by atomic mass is 9.90. The van der Waals surface area contributed by atoms with Crippen LogP contribution in [0.25, 0.3) is 33.1 Å². The Balaban J connectivity index is 1.26. The number of fused-ring (bicyclic) bond motifs is 3. The zero-order valence-electron chi connectivity index (χ0n) is 18.0. The number of rotatable bonds is 4. The van der Waals surface area contributed by atoms with Gasteiger partial charge in [0.25, 0.3) is 0 Å². The fourth-order valence-electron chi connectivity index (χ4n) is 5.18. The van der Waals surface area contributed by atoms with Gasteiger partial charge in [0.1, 0.15) is 24.1 Å². The summed E-state index contributed by atoms with van der Waals surface area (Å²) in [7, 11) is 0. The summed E-state index contributed by atoms with van der Waals surface area (Å²) in [6, 6.07) is 7.48. The number of ether oxygens (including phenoxy) is 1. The smallest absolute Gasteiger partial charge is 0.143 e. The van der Waals surface area contributed by atoms with Crippen molar-refractivity contribution in [2.75, 3.05) is 31.6 Å². The largest absolute Gasteiger partial charge is 0.379 e. The first-order chi connectivity index (χ1) is 15.8. The topological polar surface area (TPSA) is 91.8 Å². The van der Waals surface area contributed by atoms with E-state index in [0.29, 0.717) is 12.1 Å². The molecule has 4 aromatic rings. The van der Waals surface area contributed by atoms with Gasteiger partial charge in [-0.05, 0) is 43.4 Å². The zero-order valence-corrected chi connectivity index (χ0v) is 18.0. The molecule has 4 heterocycles. The molecule has 2 N–H and O–H groups in total. The van der Waals surface area contributed by atoms with Gasteiger partial charge < -0.3 is 15.0 Å². The molecule has 1 aliphatic carbocycles. The third-order valence-corrected chi connectivity index (χ3v) is 6.88. The molecule has 6 rings (SSSR count). The molecule has 2 aliphatic rings. The van der Waals surface area contributed by atoms with E-state index in [1.54, 1.807) is 12.7 Å². The number of aromatic nitrogens is 5. The van der Waals surface area contributed by atoms with Crippen molar-refractivity contribution in [3.63, 3.8) is 0 Å². The highest BCUT2D eigenvalue weighted by Crippen LogP contribution is 2.34. The first-order valence-corrected chi connectivity index (χ1v) is 11.5. The van der Waals surface area contributed by atoms with Crippen LogP contribution in [0.15, 0.2) is 43.2 Å². The molecule has 0 bridgehead atoms. The van der Waals surface area contributed by atoms with Crippen molar-refractivity contribution < 1.29 is 4.74 Å². The summed E-state index contributed by atoms with van der Waals surface area (Å²) in [5.74, 6) is 0.914. The van der Waals surface area contributed by atoms with Crippen LogP contribution in [0.2, 0.25) is 0 Å². The normalized spacial score (nSPS) is 22.4. The van der Waals surface area contributed by atoms with Crippen molar-refractivity contribution in [1.29, 1.82) is 0 Å². The number of nitrogens with zero attached hydrogens (tertiary/aromatic N) is 5. The molecule has 2 fully saturated rings. The average Bonchev–Trinajstić information content (AvgIpc) is 3.24. The second-order valence-electron chi connectivity index (χ2n) is 8.76. The lowest BCUT2D eigenvalue weighted by molar-refractivity contribution is 0.00791. The maximum Gasteiger partial charge on any atom is 0.143 e. The van der Waals surface area contributed by atoms with Crippen LogP contribution >= 0.6 is 0 Å². The van der Waals surface area contributed by atoms with Crippen molar-refractivity contribution in [3.05, 3.63) is 43.2 Å². The highest BCUT2D eigenvalue weighted by atomic mass is 16.5. The number of H-pyrrole nitrogens is 1. The van der Waals surface area contributed by atoms with Crippen LogP contribution in [-0.2, 0) is 4.74 Å². The molecular formula is C24H27N7O. The Labute approximate surface area is 186 Å².